The molecule has 0 spiro atoms. The monoisotopic (exact) mass is 342 g/mol. The molecule has 1 aromatic rings. The summed E-state index contributed by atoms with van der Waals surface area (Å²) in [5.74, 6) is 8.18. The molecule has 0 heteroatoms. The lowest BCUT2D eigenvalue weighted by atomic mass is 9.78. The van der Waals surface area contributed by atoms with Gasteiger partial charge in [0.1, 0.15) is 0 Å². The number of rotatable bonds is 6. The maximum absolute atomic E-state index is 3.60. The molecule has 0 bridgehead atoms. The van der Waals surface area contributed by atoms with E-state index in [4.69, 9.17) is 0 Å². The lowest BCUT2D eigenvalue weighted by Crippen LogP contribution is -2.18. The maximum atomic E-state index is 3.60. The highest BCUT2D eigenvalue weighted by atomic mass is 14.2. The van der Waals surface area contributed by atoms with Crippen molar-refractivity contribution >= 4 is 0 Å². The number of benzene rings is 1. The SMILES string of the molecule is CC.CCCc1ccc(C#CC(CCC)C(C)(C)C)c(C(C)CC)c1. The summed E-state index contributed by atoms with van der Waals surface area (Å²) in [6.45, 7) is 20.0. The lowest BCUT2D eigenvalue weighted by molar-refractivity contribution is 0.286. The quantitative estimate of drug-likeness (QED) is 0.459. The summed E-state index contributed by atoms with van der Waals surface area (Å²) in [6, 6.07) is 6.92. The summed E-state index contributed by atoms with van der Waals surface area (Å²) >= 11 is 0. The van der Waals surface area contributed by atoms with E-state index < -0.39 is 0 Å². The average molecular weight is 343 g/mol. The van der Waals surface area contributed by atoms with Gasteiger partial charge < -0.3 is 0 Å². The molecule has 2 atom stereocenters. The highest BCUT2D eigenvalue weighted by molar-refractivity contribution is 5.45. The Kier molecular flexibility index (Phi) is 11.6. The zero-order valence-corrected chi connectivity index (χ0v) is 18.4. The molecule has 0 nitrogen and oxygen atoms in total. The fourth-order valence-corrected chi connectivity index (χ4v) is 2.97. The summed E-state index contributed by atoms with van der Waals surface area (Å²) in [5.41, 5.74) is 4.38. The summed E-state index contributed by atoms with van der Waals surface area (Å²) in [5, 5.41) is 0. The van der Waals surface area contributed by atoms with Gasteiger partial charge in [-0.3, -0.25) is 0 Å². The van der Waals surface area contributed by atoms with Crippen LogP contribution >= 0.6 is 0 Å². The summed E-state index contributed by atoms with van der Waals surface area (Å²) in [4.78, 5) is 0. The van der Waals surface area contributed by atoms with E-state index in [1.807, 2.05) is 13.8 Å². The van der Waals surface area contributed by atoms with Crippen LogP contribution in [0.4, 0.5) is 0 Å². The molecule has 0 amide bonds. The summed E-state index contributed by atoms with van der Waals surface area (Å²) < 4.78 is 0. The Morgan fingerprint density at radius 1 is 1.00 bits per heavy atom. The first-order chi connectivity index (χ1) is 11.8. The Morgan fingerprint density at radius 2 is 1.64 bits per heavy atom. The third-order valence-electron chi connectivity index (χ3n) is 4.80. The minimum Gasteiger partial charge on any atom is -0.0939 e. The maximum Gasteiger partial charge on any atom is 0.0280 e. The van der Waals surface area contributed by atoms with Gasteiger partial charge in [-0.2, -0.15) is 0 Å². The molecule has 1 aromatic carbocycles. The molecule has 1 rings (SSSR count). The van der Waals surface area contributed by atoms with Gasteiger partial charge in [-0.1, -0.05) is 99.1 Å². The van der Waals surface area contributed by atoms with Gasteiger partial charge in [0.15, 0.2) is 0 Å². The second-order valence-electron chi connectivity index (χ2n) is 7.96. The second-order valence-corrected chi connectivity index (χ2v) is 7.96. The van der Waals surface area contributed by atoms with Crippen LogP contribution in [0.25, 0.3) is 0 Å². The van der Waals surface area contributed by atoms with E-state index in [0.717, 1.165) is 6.42 Å². The van der Waals surface area contributed by atoms with E-state index in [2.05, 4.69) is 78.5 Å². The molecule has 0 aromatic heterocycles. The van der Waals surface area contributed by atoms with Crippen molar-refractivity contribution in [3.8, 4) is 11.8 Å². The molecule has 25 heavy (non-hydrogen) atoms. The molecule has 0 saturated carbocycles. The number of hydrogen-bond donors (Lipinski definition) is 0. The average Bonchev–Trinajstić information content (AvgIpc) is 2.59. The zero-order chi connectivity index (χ0) is 19.5. The second kappa shape index (κ2) is 12.2. The molecule has 142 valence electrons. The van der Waals surface area contributed by atoms with Crippen molar-refractivity contribution in [1.29, 1.82) is 0 Å². The fourth-order valence-electron chi connectivity index (χ4n) is 2.97. The molecule has 0 fully saturated rings. The van der Waals surface area contributed by atoms with Crippen LogP contribution < -0.4 is 0 Å². The van der Waals surface area contributed by atoms with E-state index in [1.165, 1.54) is 42.4 Å². The van der Waals surface area contributed by atoms with Crippen LogP contribution in [0.3, 0.4) is 0 Å². The molecule has 0 aliphatic heterocycles. The van der Waals surface area contributed by atoms with E-state index in [-0.39, 0.29) is 5.41 Å². The van der Waals surface area contributed by atoms with Gasteiger partial charge in [0.05, 0.1) is 0 Å². The first-order valence-electron chi connectivity index (χ1n) is 10.5. The van der Waals surface area contributed by atoms with Crippen LogP contribution in [0.5, 0.6) is 0 Å². The predicted octanol–water partition coefficient (Wildman–Crippen LogP) is 7.99. The Labute approximate surface area is 158 Å². The van der Waals surface area contributed by atoms with Gasteiger partial charge >= 0.3 is 0 Å². The van der Waals surface area contributed by atoms with Gasteiger partial charge in [0, 0.05) is 11.5 Å². The van der Waals surface area contributed by atoms with Crippen LogP contribution in [-0.2, 0) is 6.42 Å². The smallest absolute Gasteiger partial charge is 0.0280 e. The zero-order valence-electron chi connectivity index (χ0n) is 18.4. The highest BCUT2D eigenvalue weighted by Crippen LogP contribution is 2.30. The number of hydrogen-bond acceptors (Lipinski definition) is 0. The van der Waals surface area contributed by atoms with Crippen LogP contribution in [0.2, 0.25) is 0 Å². The standard InChI is InChI=1S/C23H36.C2H6/c1-8-11-19-13-14-20(22(17-19)18(4)10-3)15-16-21(12-9-2)23(5,6)7;1-2/h13-14,17-18,21H,8-12H2,1-7H3;1-2H3. The molecule has 2 unspecified atom stereocenters. The van der Waals surface area contributed by atoms with Gasteiger partial charge in [-0.25, -0.2) is 0 Å². The van der Waals surface area contributed by atoms with Crippen LogP contribution in [0.1, 0.15) is 111 Å². The summed E-state index contributed by atoms with van der Waals surface area (Å²) in [6.07, 6.45) is 5.92. The molecule has 0 heterocycles. The largest absolute Gasteiger partial charge is 0.0939 e. The third kappa shape index (κ3) is 8.13. The van der Waals surface area contributed by atoms with E-state index in [1.54, 1.807) is 0 Å². The van der Waals surface area contributed by atoms with Crippen molar-refractivity contribution in [3.05, 3.63) is 34.9 Å². The van der Waals surface area contributed by atoms with Crippen LogP contribution in [-0.4, -0.2) is 0 Å². The Balaban J connectivity index is 0.00000277. The Hall–Kier alpha value is -1.22. The van der Waals surface area contributed by atoms with E-state index in [9.17, 15) is 0 Å². The van der Waals surface area contributed by atoms with E-state index >= 15 is 0 Å². The molecule has 0 N–H and O–H groups in total. The third-order valence-corrected chi connectivity index (χ3v) is 4.80. The van der Waals surface area contributed by atoms with Crippen LogP contribution in [0.15, 0.2) is 18.2 Å². The molecule has 0 saturated heterocycles. The number of aryl methyl sites for hydroxylation is 1. The van der Waals surface area contributed by atoms with Crippen LogP contribution in [0, 0.1) is 23.2 Å². The first kappa shape index (κ1) is 23.8. The topological polar surface area (TPSA) is 0 Å². The van der Waals surface area contributed by atoms with Gasteiger partial charge in [0.2, 0.25) is 0 Å². The molecule has 0 radical (unpaired) electrons. The van der Waals surface area contributed by atoms with Gasteiger partial charge in [-0.05, 0) is 47.8 Å². The lowest BCUT2D eigenvalue weighted by Gasteiger charge is -2.26. The predicted molar refractivity (Wildman–Crippen MR) is 115 cm³/mol. The van der Waals surface area contributed by atoms with Crippen molar-refractivity contribution in [2.45, 2.75) is 100 Å². The summed E-state index contributed by atoms with van der Waals surface area (Å²) in [7, 11) is 0. The van der Waals surface area contributed by atoms with Crippen molar-refractivity contribution in [1.82, 2.24) is 0 Å². The van der Waals surface area contributed by atoms with Gasteiger partial charge in [-0.15, -0.1) is 0 Å². The molecule has 0 aliphatic carbocycles. The molecular weight excluding hydrogens is 300 g/mol. The van der Waals surface area contributed by atoms with Crippen molar-refractivity contribution < 1.29 is 0 Å². The normalized spacial score (nSPS) is 13.2. The van der Waals surface area contributed by atoms with Crippen molar-refractivity contribution in [2.24, 2.45) is 11.3 Å². The minimum absolute atomic E-state index is 0.252. The van der Waals surface area contributed by atoms with Crippen molar-refractivity contribution in [2.75, 3.05) is 0 Å². The molecule has 0 aliphatic rings. The Morgan fingerprint density at radius 3 is 2.12 bits per heavy atom. The minimum atomic E-state index is 0.252. The fraction of sp³-hybridized carbons (Fsp3) is 0.680. The first-order valence-corrected chi connectivity index (χ1v) is 10.5. The molecular formula is C25H42. The van der Waals surface area contributed by atoms with Crippen molar-refractivity contribution in [3.63, 3.8) is 0 Å². The van der Waals surface area contributed by atoms with E-state index in [0.29, 0.717) is 11.8 Å². The Bertz CT molecular complexity index is 533. The highest BCUT2D eigenvalue weighted by Gasteiger charge is 2.21. The van der Waals surface area contributed by atoms with Gasteiger partial charge in [0.25, 0.3) is 0 Å².